The first kappa shape index (κ1) is 20.2. The van der Waals surface area contributed by atoms with Crippen LogP contribution in [0.25, 0.3) is 0 Å². The molecule has 1 aromatic rings. The van der Waals surface area contributed by atoms with Crippen LogP contribution < -0.4 is 10.6 Å². The van der Waals surface area contributed by atoms with E-state index >= 15 is 0 Å². The summed E-state index contributed by atoms with van der Waals surface area (Å²) in [5.74, 6) is -0.520. The second-order valence-electron chi connectivity index (χ2n) is 5.20. The molecule has 0 spiro atoms. The average molecular weight is 352 g/mol. The van der Waals surface area contributed by atoms with Gasteiger partial charge in [0.15, 0.2) is 0 Å². The van der Waals surface area contributed by atoms with Crippen LogP contribution in [-0.4, -0.2) is 53.2 Å². The van der Waals surface area contributed by atoms with Gasteiger partial charge in [-0.1, -0.05) is 0 Å². The van der Waals surface area contributed by atoms with E-state index in [1.165, 1.54) is 19.4 Å². The zero-order valence-corrected chi connectivity index (χ0v) is 13.7. The van der Waals surface area contributed by atoms with Gasteiger partial charge in [0.2, 0.25) is 5.60 Å². The topological polar surface area (TPSA) is 88.4 Å². The van der Waals surface area contributed by atoms with Crippen LogP contribution in [0.15, 0.2) is 12.4 Å². The molecule has 0 aromatic carbocycles. The summed E-state index contributed by atoms with van der Waals surface area (Å²) < 4.78 is 45.9. The molecule has 138 valence electrons. The van der Waals surface area contributed by atoms with Gasteiger partial charge in [-0.2, -0.15) is 13.2 Å². The largest absolute Gasteiger partial charge is 0.424 e. The summed E-state index contributed by atoms with van der Waals surface area (Å²) in [4.78, 5) is 15.1. The number of carbonyl (C=O) groups is 1. The normalized spacial score (nSPS) is 14.2. The molecule has 1 heterocycles. The number of nitrogens with zero attached hydrogens (tertiary/aromatic N) is 2. The van der Waals surface area contributed by atoms with Crippen molar-refractivity contribution >= 4 is 6.03 Å². The van der Waals surface area contributed by atoms with Gasteiger partial charge in [-0.15, -0.1) is 0 Å². The molecule has 3 N–H and O–H groups in total. The Bertz CT molecular complexity index is 522. The molecule has 0 saturated heterocycles. The maximum atomic E-state index is 13.2. The molecule has 0 aliphatic rings. The van der Waals surface area contributed by atoms with E-state index in [9.17, 15) is 23.1 Å². The number of ether oxygens (including phenoxy) is 1. The summed E-state index contributed by atoms with van der Waals surface area (Å²) in [5, 5.41) is 14.9. The maximum Gasteiger partial charge on any atom is 0.424 e. The number of aliphatic hydroxyl groups is 1. The van der Waals surface area contributed by atoms with E-state index in [1.54, 1.807) is 0 Å². The number of urea groups is 1. The van der Waals surface area contributed by atoms with Crippen molar-refractivity contribution in [3.8, 4) is 0 Å². The van der Waals surface area contributed by atoms with Crippen LogP contribution in [0.3, 0.4) is 0 Å². The molecule has 0 saturated carbocycles. The Morgan fingerprint density at radius 1 is 1.38 bits per heavy atom. The Kier molecular flexibility index (Phi) is 7.49. The maximum absolute atomic E-state index is 13.2. The minimum atomic E-state index is -4.91. The van der Waals surface area contributed by atoms with Crippen molar-refractivity contribution < 1.29 is 27.8 Å². The van der Waals surface area contributed by atoms with Crippen molar-refractivity contribution in [1.82, 2.24) is 20.2 Å². The molecule has 0 aliphatic carbocycles. The Morgan fingerprint density at radius 3 is 2.58 bits per heavy atom. The third kappa shape index (κ3) is 5.38. The molecule has 10 heteroatoms. The standard InChI is InChI=1S/C14H23F3N4O3/c1-3-24-10-4-6-19-12(22)20-7-5-13(23,14(15,16)17)11-18-8-9-21(11)2/h8-9,23H,3-7,10H2,1-2H3,(H2,19,20,22). The van der Waals surface area contributed by atoms with Gasteiger partial charge in [0.1, 0.15) is 5.82 Å². The van der Waals surface area contributed by atoms with Gasteiger partial charge >= 0.3 is 12.2 Å². The highest BCUT2D eigenvalue weighted by molar-refractivity contribution is 5.73. The van der Waals surface area contributed by atoms with E-state index in [2.05, 4.69) is 15.6 Å². The van der Waals surface area contributed by atoms with Crippen LogP contribution in [-0.2, 0) is 17.4 Å². The minimum Gasteiger partial charge on any atom is -0.382 e. The number of aryl methyl sites for hydroxylation is 1. The first-order chi connectivity index (χ1) is 11.2. The molecule has 0 bridgehead atoms. The summed E-state index contributed by atoms with van der Waals surface area (Å²) >= 11 is 0. The Labute approximate surface area is 138 Å². The SMILES string of the molecule is CCOCCCNC(=O)NCCC(O)(c1nccn1C)C(F)(F)F. The van der Waals surface area contributed by atoms with Gasteiger partial charge in [-0.05, 0) is 13.3 Å². The molecule has 0 aliphatic heterocycles. The molecule has 2 amide bonds. The molecular weight excluding hydrogens is 329 g/mol. The Morgan fingerprint density at radius 2 is 2.04 bits per heavy atom. The van der Waals surface area contributed by atoms with Crippen LogP contribution >= 0.6 is 0 Å². The summed E-state index contributed by atoms with van der Waals surface area (Å²) in [6.45, 7) is 2.90. The number of halogens is 3. The molecule has 0 radical (unpaired) electrons. The monoisotopic (exact) mass is 352 g/mol. The summed E-state index contributed by atoms with van der Waals surface area (Å²) in [6.07, 6.45) is -2.58. The molecular formula is C14H23F3N4O3. The van der Waals surface area contributed by atoms with E-state index < -0.39 is 30.1 Å². The number of hydrogen-bond donors (Lipinski definition) is 3. The predicted molar refractivity (Wildman–Crippen MR) is 80.3 cm³/mol. The van der Waals surface area contributed by atoms with Gasteiger partial charge in [-0.25, -0.2) is 9.78 Å². The van der Waals surface area contributed by atoms with Crippen molar-refractivity contribution in [1.29, 1.82) is 0 Å². The first-order valence-electron chi connectivity index (χ1n) is 7.58. The summed E-state index contributed by atoms with van der Waals surface area (Å²) in [6, 6.07) is -0.601. The number of amides is 2. The van der Waals surface area contributed by atoms with Crippen molar-refractivity contribution in [2.75, 3.05) is 26.3 Å². The highest BCUT2D eigenvalue weighted by Gasteiger charge is 2.57. The molecule has 1 aromatic heterocycles. The lowest BCUT2D eigenvalue weighted by Gasteiger charge is -2.29. The lowest BCUT2D eigenvalue weighted by atomic mass is 9.97. The molecule has 7 nitrogen and oxygen atoms in total. The molecule has 1 atom stereocenters. The zero-order chi connectivity index (χ0) is 18.2. The van der Waals surface area contributed by atoms with E-state index in [0.29, 0.717) is 26.2 Å². The number of alkyl halides is 3. The van der Waals surface area contributed by atoms with Crippen molar-refractivity contribution in [3.05, 3.63) is 18.2 Å². The van der Waals surface area contributed by atoms with E-state index in [0.717, 1.165) is 4.57 Å². The number of rotatable bonds is 9. The van der Waals surface area contributed by atoms with Crippen LogP contribution in [0, 0.1) is 0 Å². The van der Waals surface area contributed by atoms with Gasteiger partial charge in [0.05, 0.1) is 0 Å². The number of hydrogen-bond acceptors (Lipinski definition) is 4. The number of carbonyl (C=O) groups excluding carboxylic acids is 1. The number of nitrogens with one attached hydrogen (secondary N) is 2. The smallest absolute Gasteiger partial charge is 0.382 e. The highest BCUT2D eigenvalue weighted by atomic mass is 19.4. The average Bonchev–Trinajstić information content (AvgIpc) is 2.92. The first-order valence-corrected chi connectivity index (χ1v) is 7.58. The number of imidazole rings is 1. The van der Waals surface area contributed by atoms with Crippen molar-refractivity contribution in [2.45, 2.75) is 31.5 Å². The molecule has 1 unspecified atom stereocenters. The Balaban J connectivity index is 2.50. The van der Waals surface area contributed by atoms with Crippen LogP contribution in [0.2, 0.25) is 0 Å². The predicted octanol–water partition coefficient (Wildman–Crippen LogP) is 1.29. The van der Waals surface area contributed by atoms with Crippen LogP contribution in [0.5, 0.6) is 0 Å². The second kappa shape index (κ2) is 8.88. The lowest BCUT2D eigenvalue weighted by Crippen LogP contribution is -2.47. The fourth-order valence-corrected chi connectivity index (χ4v) is 2.08. The van der Waals surface area contributed by atoms with E-state index in [1.807, 2.05) is 6.92 Å². The third-order valence-corrected chi connectivity index (χ3v) is 3.39. The molecule has 0 fully saturated rings. The zero-order valence-electron chi connectivity index (χ0n) is 13.7. The van der Waals surface area contributed by atoms with Gasteiger partial charge in [0, 0.05) is 52.2 Å². The fourth-order valence-electron chi connectivity index (χ4n) is 2.08. The van der Waals surface area contributed by atoms with Gasteiger partial charge < -0.3 is 25.0 Å². The fraction of sp³-hybridized carbons (Fsp3) is 0.714. The van der Waals surface area contributed by atoms with Crippen molar-refractivity contribution in [2.24, 2.45) is 7.05 Å². The van der Waals surface area contributed by atoms with E-state index in [-0.39, 0.29) is 6.54 Å². The quantitative estimate of drug-likeness (QED) is 0.584. The summed E-state index contributed by atoms with van der Waals surface area (Å²) in [5.41, 5.74) is -3.13. The third-order valence-electron chi connectivity index (χ3n) is 3.39. The summed E-state index contributed by atoms with van der Waals surface area (Å²) in [7, 11) is 1.36. The van der Waals surface area contributed by atoms with Crippen LogP contribution in [0.4, 0.5) is 18.0 Å². The lowest BCUT2D eigenvalue weighted by molar-refractivity contribution is -0.272. The van der Waals surface area contributed by atoms with Crippen molar-refractivity contribution in [3.63, 3.8) is 0 Å². The van der Waals surface area contributed by atoms with Gasteiger partial charge in [-0.3, -0.25) is 0 Å². The van der Waals surface area contributed by atoms with E-state index in [4.69, 9.17) is 4.74 Å². The molecule has 1 rings (SSSR count). The Hall–Kier alpha value is -1.81. The minimum absolute atomic E-state index is 0.342. The highest BCUT2D eigenvalue weighted by Crippen LogP contribution is 2.40. The second-order valence-corrected chi connectivity index (χ2v) is 5.20. The molecule has 24 heavy (non-hydrogen) atoms. The van der Waals surface area contributed by atoms with Crippen LogP contribution in [0.1, 0.15) is 25.6 Å². The van der Waals surface area contributed by atoms with Gasteiger partial charge in [0.25, 0.3) is 0 Å². The number of aromatic nitrogens is 2.